The number of nitrogens with two attached hydrogens (primary N) is 1. The summed E-state index contributed by atoms with van der Waals surface area (Å²) in [7, 11) is -2.15. The van der Waals surface area contributed by atoms with Crippen molar-refractivity contribution < 1.29 is 13.2 Å². The van der Waals surface area contributed by atoms with Gasteiger partial charge in [0, 0.05) is 24.1 Å². The molecule has 0 saturated heterocycles. The highest BCUT2D eigenvalue weighted by Gasteiger charge is 2.27. The van der Waals surface area contributed by atoms with Crippen molar-refractivity contribution in [3.05, 3.63) is 142 Å². The number of nitrogens with one attached hydrogen (secondary N) is 1. The van der Waals surface area contributed by atoms with Gasteiger partial charge in [0.1, 0.15) is 11.0 Å². The molecule has 9 heteroatoms. The molecular formula is C56H88ClN3O3S2. The molecule has 4 atom stereocenters. The molecule has 0 aromatic heterocycles. The molecule has 3 N–H and O–H groups in total. The Labute approximate surface area is 408 Å². The third kappa shape index (κ3) is 20.6. The van der Waals surface area contributed by atoms with E-state index in [1.54, 1.807) is 0 Å². The van der Waals surface area contributed by atoms with Gasteiger partial charge in [0.25, 0.3) is 0 Å². The first-order valence-corrected chi connectivity index (χ1v) is 26.8. The number of hydrogen-bond donors (Lipinski definition) is 2. The van der Waals surface area contributed by atoms with Crippen molar-refractivity contribution >= 4 is 45.9 Å². The van der Waals surface area contributed by atoms with Gasteiger partial charge in [0.2, 0.25) is 0 Å². The highest BCUT2D eigenvalue weighted by Crippen LogP contribution is 2.31. The molecule has 0 spiro atoms. The highest BCUT2D eigenvalue weighted by atomic mass is 35.5. The predicted molar refractivity (Wildman–Crippen MR) is 290 cm³/mol. The van der Waals surface area contributed by atoms with Crippen LogP contribution >= 0.6 is 12.4 Å². The smallest absolute Gasteiger partial charge is 0.163 e. The van der Waals surface area contributed by atoms with E-state index >= 15 is 0 Å². The molecule has 0 amide bonds. The number of carbonyl (C=O) groups excluding carboxylic acids is 1. The van der Waals surface area contributed by atoms with Crippen molar-refractivity contribution in [2.75, 3.05) is 0 Å². The summed E-state index contributed by atoms with van der Waals surface area (Å²) >= 11 is 0. The van der Waals surface area contributed by atoms with Crippen molar-refractivity contribution in [2.45, 2.75) is 196 Å². The zero-order chi connectivity index (χ0) is 48.3. The molecule has 0 unspecified atom stereocenters. The number of hydrogen-bond acceptors (Lipinski definition) is 4. The summed E-state index contributed by atoms with van der Waals surface area (Å²) in [5, 5.41) is 0. The van der Waals surface area contributed by atoms with Crippen LogP contribution < -0.4 is 10.5 Å². The lowest BCUT2D eigenvalue weighted by molar-refractivity contribution is 0.0972. The van der Waals surface area contributed by atoms with Crippen LogP contribution in [0.15, 0.2) is 101 Å². The summed E-state index contributed by atoms with van der Waals surface area (Å²) < 4.78 is 31.5. The molecule has 4 aromatic carbocycles. The van der Waals surface area contributed by atoms with Gasteiger partial charge in [-0.2, -0.15) is 4.40 Å². The molecule has 0 heterocycles. The fraction of sp³-hybridized carbons (Fsp3) is 0.536. The molecule has 4 aromatic rings. The maximum atomic E-state index is 12.1. The average molecular weight is 951 g/mol. The average Bonchev–Trinajstić information content (AvgIpc) is 3.32. The minimum atomic E-state index is -1.15. The molecule has 364 valence electrons. The first-order valence-electron chi connectivity index (χ1n) is 24.5. The molecule has 0 aliphatic heterocycles. The van der Waals surface area contributed by atoms with E-state index in [2.05, 4.69) is 75.8 Å². The largest absolute Gasteiger partial charge is 0.324 e. The van der Waals surface area contributed by atoms with Crippen molar-refractivity contribution in [3.63, 3.8) is 0 Å². The van der Waals surface area contributed by atoms with Crippen LogP contribution in [0.4, 0.5) is 0 Å². The van der Waals surface area contributed by atoms with Crippen LogP contribution in [0, 0.1) is 0 Å². The number of Topliss-reactive ketones (excluding diaryl/α,β-unsaturated/α-hetero) is 1. The van der Waals surface area contributed by atoms with Crippen LogP contribution in [0.2, 0.25) is 0 Å². The number of benzene rings is 4. The lowest BCUT2D eigenvalue weighted by Crippen LogP contribution is -2.36. The van der Waals surface area contributed by atoms with Gasteiger partial charge in [-0.3, -0.25) is 4.79 Å². The minimum Gasteiger partial charge on any atom is -0.324 e. The molecule has 0 fully saturated rings. The molecule has 4 aliphatic carbocycles. The minimum absolute atomic E-state index is 0. The van der Waals surface area contributed by atoms with Gasteiger partial charge in [0.05, 0.1) is 26.2 Å². The first kappa shape index (κ1) is 61.7. The summed E-state index contributed by atoms with van der Waals surface area (Å²) in [5.74, 6) is 0.312. The van der Waals surface area contributed by atoms with Gasteiger partial charge in [-0.15, -0.1) is 12.4 Å². The van der Waals surface area contributed by atoms with Crippen molar-refractivity contribution in [1.29, 1.82) is 0 Å². The zero-order valence-electron chi connectivity index (χ0n) is 42.9. The van der Waals surface area contributed by atoms with Crippen LogP contribution in [-0.4, -0.2) is 29.4 Å². The number of fused-ring (bicyclic) bond motifs is 4. The normalized spacial score (nSPS) is 18.0. The Bertz CT molecular complexity index is 2020. The zero-order valence-corrected chi connectivity index (χ0v) is 45.3. The summed E-state index contributed by atoms with van der Waals surface area (Å²) in [5.41, 5.74) is 17.2. The number of aryl methyl sites for hydroxylation is 4. The quantitative estimate of drug-likeness (QED) is 0.214. The van der Waals surface area contributed by atoms with Crippen molar-refractivity contribution in [2.24, 2.45) is 10.1 Å². The topological polar surface area (TPSA) is 102 Å². The summed E-state index contributed by atoms with van der Waals surface area (Å²) in [4.78, 5) is 11.3. The van der Waals surface area contributed by atoms with E-state index < -0.39 is 22.0 Å². The Hall–Kier alpha value is -3.27. The van der Waals surface area contributed by atoms with Gasteiger partial charge >= 0.3 is 0 Å². The lowest BCUT2D eigenvalue weighted by Gasteiger charge is -2.29. The van der Waals surface area contributed by atoms with E-state index in [9.17, 15) is 13.2 Å². The molecular weight excluding hydrogens is 862 g/mol. The fourth-order valence-electron chi connectivity index (χ4n) is 7.49. The van der Waals surface area contributed by atoms with E-state index in [0.717, 1.165) is 69.1 Å². The van der Waals surface area contributed by atoms with Crippen LogP contribution in [0.1, 0.15) is 210 Å². The number of rotatable bonds is 3. The molecule has 4 aliphatic rings. The Morgan fingerprint density at radius 3 is 1.45 bits per heavy atom. The SMILES string of the molecule is CC.CC.CC.CC.CC(C)(C)[S@@](=O)N=C1CCCc2ccccc21.CC(C)(C)[S@@](=O)N[C@@H]1CCCc2ccccc21.Cl.N[C@@H]1CCCc2ccccc21.O=C1CCCc2ccccc21. The fourth-order valence-corrected chi connectivity index (χ4v) is 9.01. The standard InChI is InChI=1S/C14H21NOS.C14H19NOS.C10H13N.C10H10O.4C2H6.ClH/c2*1-14(2,3)17(16)15-13-10-6-8-11-7-4-5-9-12(11)13;2*11-10-7-3-5-8-4-1-2-6-9(8)10;4*1-2;/h4-5,7,9,13,15H,6,8,10H2,1-3H3;4-5,7,9H,6,8,10H2,1-3H3;1-2,4,6,10H,3,5,7,11H2;1-2,4,6H,3,5,7H2;4*1-2H3;1H/t13-,17-;17-;10-;;;;;;/m111....../s1. The Morgan fingerprint density at radius 2 is 0.938 bits per heavy atom. The molecule has 65 heavy (non-hydrogen) atoms. The third-order valence-electron chi connectivity index (χ3n) is 10.7. The van der Waals surface area contributed by atoms with Crippen LogP contribution in [0.25, 0.3) is 0 Å². The number of halogens is 1. The van der Waals surface area contributed by atoms with Gasteiger partial charge in [-0.05, 0) is 151 Å². The monoisotopic (exact) mass is 950 g/mol. The molecule has 0 bridgehead atoms. The van der Waals surface area contributed by atoms with Gasteiger partial charge < -0.3 is 5.73 Å². The summed E-state index contributed by atoms with van der Waals surface area (Å²) in [6, 6.07) is 33.8. The van der Waals surface area contributed by atoms with Crippen LogP contribution in [-0.2, 0) is 47.7 Å². The molecule has 0 saturated carbocycles. The van der Waals surface area contributed by atoms with Crippen LogP contribution in [0.5, 0.6) is 0 Å². The van der Waals surface area contributed by atoms with Crippen LogP contribution in [0.3, 0.4) is 0 Å². The second-order valence-corrected chi connectivity index (χ2v) is 21.1. The summed E-state index contributed by atoms with van der Waals surface area (Å²) in [6.45, 7) is 27.9. The van der Waals surface area contributed by atoms with E-state index in [1.807, 2.05) is 127 Å². The number of ketones is 1. The Balaban J connectivity index is 0.000000805. The maximum Gasteiger partial charge on any atom is 0.163 e. The molecule has 8 rings (SSSR count). The van der Waals surface area contributed by atoms with E-state index in [0.29, 0.717) is 11.8 Å². The Morgan fingerprint density at radius 1 is 0.523 bits per heavy atom. The maximum absolute atomic E-state index is 12.1. The molecule has 0 radical (unpaired) electrons. The predicted octanol–water partition coefficient (Wildman–Crippen LogP) is 15.1. The summed E-state index contributed by atoms with van der Waals surface area (Å²) in [6.07, 6.45) is 13.0. The first-order chi connectivity index (χ1) is 30.7. The van der Waals surface area contributed by atoms with Crippen molar-refractivity contribution in [3.8, 4) is 0 Å². The van der Waals surface area contributed by atoms with E-state index in [-0.39, 0.29) is 27.9 Å². The van der Waals surface area contributed by atoms with Gasteiger partial charge in [0.15, 0.2) is 5.78 Å². The third-order valence-corrected chi connectivity index (χ3v) is 13.7. The second-order valence-electron chi connectivity index (χ2n) is 17.2. The highest BCUT2D eigenvalue weighted by molar-refractivity contribution is 7.85. The number of carbonyl (C=O) groups is 1. The van der Waals surface area contributed by atoms with E-state index in [1.165, 1.54) is 58.2 Å². The van der Waals surface area contributed by atoms with E-state index in [4.69, 9.17) is 5.73 Å². The van der Waals surface area contributed by atoms with Gasteiger partial charge in [-0.25, -0.2) is 13.1 Å². The lowest BCUT2D eigenvalue weighted by atomic mass is 9.88. The van der Waals surface area contributed by atoms with Crippen molar-refractivity contribution in [1.82, 2.24) is 4.72 Å². The number of nitrogens with zero attached hydrogens (tertiary/aromatic N) is 1. The Kier molecular flexibility index (Phi) is 31.6. The second kappa shape index (κ2) is 33.2. The molecule has 6 nitrogen and oxygen atoms in total. The van der Waals surface area contributed by atoms with Gasteiger partial charge in [-0.1, -0.05) is 152 Å².